The molecule has 0 aliphatic carbocycles. The molecule has 0 saturated carbocycles. The van der Waals surface area contributed by atoms with Crippen molar-refractivity contribution in [2.45, 2.75) is 0 Å². The molecule has 0 spiro atoms. The normalized spacial score (nSPS) is 15.4. The number of anilines is 1. The first-order valence-electron chi connectivity index (χ1n) is 6.25. The number of aliphatic imine (C=N–C) groups is 1. The molecule has 102 valence electrons. The highest BCUT2D eigenvalue weighted by molar-refractivity contribution is 8.16. The Kier molecular flexibility index (Phi) is 3.59. The highest BCUT2D eigenvalue weighted by atomic mass is 32.2. The SMILES string of the molecule is N#CC(C#N)=NNc1ccc(C2=CSC3=NCCN23)cc1. The van der Waals surface area contributed by atoms with Crippen molar-refractivity contribution in [1.82, 2.24) is 4.90 Å². The molecule has 2 aliphatic rings. The molecule has 3 rings (SSSR count). The van der Waals surface area contributed by atoms with Gasteiger partial charge < -0.3 is 4.90 Å². The average Bonchev–Trinajstić information content (AvgIpc) is 3.12. The summed E-state index contributed by atoms with van der Waals surface area (Å²) in [7, 11) is 0. The van der Waals surface area contributed by atoms with E-state index in [2.05, 4.69) is 25.8 Å². The van der Waals surface area contributed by atoms with Gasteiger partial charge in [-0.15, -0.1) is 0 Å². The van der Waals surface area contributed by atoms with E-state index < -0.39 is 0 Å². The Morgan fingerprint density at radius 1 is 1.29 bits per heavy atom. The van der Waals surface area contributed by atoms with Crippen LogP contribution in [0.1, 0.15) is 5.56 Å². The van der Waals surface area contributed by atoms with Crippen LogP contribution in [0.2, 0.25) is 0 Å². The van der Waals surface area contributed by atoms with Crippen LogP contribution >= 0.6 is 11.8 Å². The summed E-state index contributed by atoms with van der Waals surface area (Å²) in [4.78, 5) is 6.62. The van der Waals surface area contributed by atoms with Crippen LogP contribution in [0.4, 0.5) is 5.69 Å². The van der Waals surface area contributed by atoms with Crippen molar-refractivity contribution >= 4 is 34.0 Å². The van der Waals surface area contributed by atoms with Gasteiger partial charge in [0.25, 0.3) is 0 Å². The number of hydrogen-bond donors (Lipinski definition) is 1. The maximum absolute atomic E-state index is 8.61. The molecule has 1 aromatic rings. The molecule has 21 heavy (non-hydrogen) atoms. The van der Waals surface area contributed by atoms with E-state index in [1.54, 1.807) is 23.9 Å². The lowest BCUT2D eigenvalue weighted by Crippen LogP contribution is -2.19. The van der Waals surface area contributed by atoms with Crippen LogP contribution in [0.25, 0.3) is 5.70 Å². The van der Waals surface area contributed by atoms with Crippen molar-refractivity contribution in [2.75, 3.05) is 18.5 Å². The van der Waals surface area contributed by atoms with E-state index in [9.17, 15) is 0 Å². The van der Waals surface area contributed by atoms with Gasteiger partial charge in [-0.25, -0.2) is 0 Å². The summed E-state index contributed by atoms with van der Waals surface area (Å²) in [5.41, 5.74) is 5.47. The first kappa shape index (κ1) is 13.2. The first-order valence-corrected chi connectivity index (χ1v) is 7.13. The molecule has 0 aromatic heterocycles. The van der Waals surface area contributed by atoms with E-state index in [1.165, 1.54) is 0 Å². The lowest BCUT2D eigenvalue weighted by atomic mass is 10.1. The van der Waals surface area contributed by atoms with Crippen LogP contribution in [-0.4, -0.2) is 28.9 Å². The fourth-order valence-corrected chi connectivity index (χ4v) is 3.02. The molecule has 6 nitrogen and oxygen atoms in total. The molecule has 0 fully saturated rings. The van der Waals surface area contributed by atoms with Gasteiger partial charge in [0.15, 0.2) is 5.17 Å². The van der Waals surface area contributed by atoms with Crippen molar-refractivity contribution in [3.05, 3.63) is 35.2 Å². The number of amidine groups is 1. The Balaban J connectivity index is 1.74. The largest absolute Gasteiger partial charge is 0.318 e. The second kappa shape index (κ2) is 5.70. The fraction of sp³-hybridized carbons (Fsp3) is 0.143. The topological polar surface area (TPSA) is 87.6 Å². The minimum atomic E-state index is -0.202. The quantitative estimate of drug-likeness (QED) is 0.682. The number of hydrazone groups is 1. The summed E-state index contributed by atoms with van der Waals surface area (Å²) < 4.78 is 0. The van der Waals surface area contributed by atoms with Crippen molar-refractivity contribution in [2.24, 2.45) is 10.1 Å². The molecule has 0 unspecified atom stereocenters. The monoisotopic (exact) mass is 294 g/mol. The summed E-state index contributed by atoms with van der Waals surface area (Å²) in [6.45, 7) is 1.77. The van der Waals surface area contributed by atoms with E-state index in [0.29, 0.717) is 0 Å². The van der Waals surface area contributed by atoms with Gasteiger partial charge in [-0.1, -0.05) is 23.9 Å². The third-order valence-electron chi connectivity index (χ3n) is 3.06. The number of thioether (sulfide) groups is 1. The summed E-state index contributed by atoms with van der Waals surface area (Å²) in [6, 6.07) is 11.1. The second-order valence-corrected chi connectivity index (χ2v) is 5.15. The van der Waals surface area contributed by atoms with E-state index in [4.69, 9.17) is 10.5 Å². The van der Waals surface area contributed by atoms with Crippen LogP contribution < -0.4 is 5.43 Å². The van der Waals surface area contributed by atoms with Gasteiger partial charge in [-0.2, -0.15) is 15.6 Å². The molecule has 0 saturated heterocycles. The standard InChI is InChI=1S/C14H10N6S/c15-7-12(8-16)19-18-11-3-1-10(2-4-11)13-9-21-14-17-5-6-20(13)14/h1-4,9,18H,5-6H2. The highest BCUT2D eigenvalue weighted by Gasteiger charge is 2.26. The number of nitriles is 2. The van der Waals surface area contributed by atoms with Crippen LogP contribution in [0, 0.1) is 22.7 Å². The molecular weight excluding hydrogens is 284 g/mol. The number of rotatable bonds is 3. The Labute approximate surface area is 126 Å². The van der Waals surface area contributed by atoms with E-state index in [-0.39, 0.29) is 5.71 Å². The summed E-state index contributed by atoms with van der Waals surface area (Å²) in [6.07, 6.45) is 0. The predicted octanol–water partition coefficient (Wildman–Crippen LogP) is 2.22. The zero-order chi connectivity index (χ0) is 14.7. The second-order valence-electron chi connectivity index (χ2n) is 4.31. The zero-order valence-electron chi connectivity index (χ0n) is 10.9. The minimum absolute atomic E-state index is 0.202. The van der Waals surface area contributed by atoms with Crippen molar-refractivity contribution in [3.63, 3.8) is 0 Å². The predicted molar refractivity (Wildman–Crippen MR) is 83.3 cm³/mol. The van der Waals surface area contributed by atoms with Gasteiger partial charge in [-0.3, -0.25) is 10.4 Å². The number of benzene rings is 1. The molecule has 1 aromatic carbocycles. The molecular formula is C14H10N6S. The summed E-state index contributed by atoms with van der Waals surface area (Å²) in [5, 5.41) is 24.1. The molecule has 7 heteroatoms. The highest BCUT2D eigenvalue weighted by Crippen LogP contribution is 2.35. The Bertz CT molecular complexity index is 716. The number of nitrogens with one attached hydrogen (secondary N) is 1. The van der Waals surface area contributed by atoms with Gasteiger partial charge in [0.05, 0.1) is 17.9 Å². The zero-order valence-corrected chi connectivity index (χ0v) is 11.8. The van der Waals surface area contributed by atoms with E-state index in [0.717, 1.165) is 35.2 Å². The Hall–Kier alpha value is -2.77. The molecule has 2 aliphatic heterocycles. The maximum atomic E-state index is 8.61. The van der Waals surface area contributed by atoms with E-state index in [1.807, 2.05) is 24.3 Å². The third-order valence-corrected chi connectivity index (χ3v) is 3.96. The Morgan fingerprint density at radius 2 is 2.05 bits per heavy atom. The van der Waals surface area contributed by atoms with Gasteiger partial charge in [0.1, 0.15) is 12.1 Å². The van der Waals surface area contributed by atoms with E-state index >= 15 is 0 Å². The van der Waals surface area contributed by atoms with Gasteiger partial charge in [-0.05, 0) is 17.7 Å². The van der Waals surface area contributed by atoms with Gasteiger partial charge in [0.2, 0.25) is 5.71 Å². The summed E-state index contributed by atoms with van der Waals surface area (Å²) in [5.74, 6) is 0. The molecule has 0 bridgehead atoms. The lowest BCUT2D eigenvalue weighted by Gasteiger charge is -2.16. The van der Waals surface area contributed by atoms with Crippen LogP contribution in [0.15, 0.2) is 39.8 Å². The van der Waals surface area contributed by atoms with Gasteiger partial charge >= 0.3 is 0 Å². The molecule has 2 heterocycles. The average molecular weight is 294 g/mol. The fourth-order valence-electron chi connectivity index (χ4n) is 2.06. The summed E-state index contributed by atoms with van der Waals surface area (Å²) >= 11 is 1.64. The smallest absolute Gasteiger partial charge is 0.237 e. The first-order chi connectivity index (χ1) is 10.3. The number of hydrogen-bond acceptors (Lipinski definition) is 7. The van der Waals surface area contributed by atoms with Crippen LogP contribution in [0.5, 0.6) is 0 Å². The maximum Gasteiger partial charge on any atom is 0.237 e. The molecule has 1 N–H and O–H groups in total. The van der Waals surface area contributed by atoms with Crippen LogP contribution in [0.3, 0.4) is 0 Å². The minimum Gasteiger partial charge on any atom is -0.318 e. The van der Waals surface area contributed by atoms with Crippen molar-refractivity contribution in [3.8, 4) is 12.1 Å². The van der Waals surface area contributed by atoms with Crippen molar-refractivity contribution in [1.29, 1.82) is 10.5 Å². The molecule has 0 atom stereocenters. The van der Waals surface area contributed by atoms with Crippen LogP contribution in [-0.2, 0) is 0 Å². The van der Waals surface area contributed by atoms with Crippen molar-refractivity contribution < 1.29 is 0 Å². The molecule has 0 radical (unpaired) electrons. The molecule has 0 amide bonds. The number of fused-ring (bicyclic) bond motifs is 1. The third kappa shape index (κ3) is 2.60. The Morgan fingerprint density at radius 3 is 2.76 bits per heavy atom. The van der Waals surface area contributed by atoms with Gasteiger partial charge in [0, 0.05) is 12.0 Å². The number of nitrogens with zero attached hydrogens (tertiary/aromatic N) is 5. The lowest BCUT2D eigenvalue weighted by molar-refractivity contribution is 0.650.